The number of benzene rings is 2. The second-order valence-electron chi connectivity index (χ2n) is 3.45. The molecule has 0 N–H and O–H groups in total. The molecule has 2 heteroatoms. The Kier molecular flexibility index (Phi) is 2.98. The van der Waals surface area contributed by atoms with Crippen LogP contribution in [0.25, 0.3) is 11.1 Å². The SMILES string of the molecule is N#Cc1c(CF)cccc1-c1ccccc1. The Bertz CT molecular complexity index is 526. The molecule has 16 heavy (non-hydrogen) atoms. The maximum Gasteiger partial charge on any atom is 0.116 e. The summed E-state index contributed by atoms with van der Waals surface area (Å²) in [5.41, 5.74) is 2.60. The van der Waals surface area contributed by atoms with Gasteiger partial charge in [-0.05, 0) is 11.1 Å². The third kappa shape index (κ3) is 1.80. The third-order valence-corrected chi connectivity index (χ3v) is 2.49. The molecule has 0 aliphatic carbocycles. The van der Waals surface area contributed by atoms with Crippen LogP contribution in [-0.2, 0) is 6.67 Å². The minimum atomic E-state index is -0.608. The molecule has 0 aliphatic heterocycles. The molecule has 0 saturated heterocycles. The van der Waals surface area contributed by atoms with E-state index in [1.54, 1.807) is 12.1 Å². The summed E-state index contributed by atoms with van der Waals surface area (Å²) in [6.45, 7) is -0.608. The second-order valence-corrected chi connectivity index (χ2v) is 3.45. The van der Waals surface area contributed by atoms with E-state index in [0.717, 1.165) is 11.1 Å². The van der Waals surface area contributed by atoms with Crippen LogP contribution in [0.3, 0.4) is 0 Å². The Labute approximate surface area is 93.8 Å². The highest BCUT2D eigenvalue weighted by molar-refractivity contribution is 5.71. The van der Waals surface area contributed by atoms with E-state index < -0.39 is 6.67 Å². The molecular weight excluding hydrogens is 201 g/mol. The van der Waals surface area contributed by atoms with E-state index in [1.165, 1.54) is 0 Å². The minimum absolute atomic E-state index is 0.427. The molecule has 0 bridgehead atoms. The summed E-state index contributed by atoms with van der Waals surface area (Å²) in [6, 6.07) is 16.9. The number of hydrogen-bond donors (Lipinski definition) is 0. The average Bonchev–Trinajstić information content (AvgIpc) is 2.38. The van der Waals surface area contributed by atoms with Crippen LogP contribution in [0.2, 0.25) is 0 Å². The van der Waals surface area contributed by atoms with E-state index in [1.807, 2.05) is 36.4 Å². The fraction of sp³-hybridized carbons (Fsp3) is 0.0714. The predicted octanol–water partition coefficient (Wildman–Crippen LogP) is 3.69. The summed E-state index contributed by atoms with van der Waals surface area (Å²) in [4.78, 5) is 0. The Morgan fingerprint density at radius 2 is 1.75 bits per heavy atom. The van der Waals surface area contributed by atoms with Gasteiger partial charge in [0.25, 0.3) is 0 Å². The van der Waals surface area contributed by atoms with Crippen molar-refractivity contribution in [2.75, 3.05) is 0 Å². The Morgan fingerprint density at radius 1 is 1.00 bits per heavy atom. The van der Waals surface area contributed by atoms with Crippen molar-refractivity contribution in [1.82, 2.24) is 0 Å². The number of alkyl halides is 1. The molecule has 0 amide bonds. The number of nitriles is 1. The largest absolute Gasteiger partial charge is 0.246 e. The molecular formula is C14H10FN. The Hall–Kier alpha value is -2.14. The molecule has 0 aliphatic rings. The highest BCUT2D eigenvalue weighted by Crippen LogP contribution is 2.25. The molecule has 2 aromatic carbocycles. The molecule has 0 aromatic heterocycles. The fourth-order valence-electron chi connectivity index (χ4n) is 1.70. The Balaban J connectivity index is 2.63. The van der Waals surface area contributed by atoms with Gasteiger partial charge in [0.2, 0.25) is 0 Å². The first kappa shape index (κ1) is 10.4. The normalized spacial score (nSPS) is 9.75. The van der Waals surface area contributed by atoms with Gasteiger partial charge in [0.05, 0.1) is 5.56 Å². The summed E-state index contributed by atoms with van der Waals surface area (Å²) in [5.74, 6) is 0. The van der Waals surface area contributed by atoms with E-state index in [9.17, 15) is 4.39 Å². The summed E-state index contributed by atoms with van der Waals surface area (Å²) in [7, 11) is 0. The van der Waals surface area contributed by atoms with Gasteiger partial charge in [-0.3, -0.25) is 0 Å². The number of halogens is 1. The van der Waals surface area contributed by atoms with E-state index in [-0.39, 0.29) is 0 Å². The lowest BCUT2D eigenvalue weighted by Gasteiger charge is -2.06. The van der Waals surface area contributed by atoms with Crippen molar-refractivity contribution in [2.24, 2.45) is 0 Å². The monoisotopic (exact) mass is 211 g/mol. The molecule has 1 nitrogen and oxygen atoms in total. The molecule has 0 saturated carbocycles. The quantitative estimate of drug-likeness (QED) is 0.743. The van der Waals surface area contributed by atoms with E-state index >= 15 is 0 Å². The first-order valence-corrected chi connectivity index (χ1v) is 5.00. The van der Waals surface area contributed by atoms with Crippen LogP contribution in [0.5, 0.6) is 0 Å². The van der Waals surface area contributed by atoms with Crippen molar-refractivity contribution in [3.63, 3.8) is 0 Å². The van der Waals surface area contributed by atoms with Crippen molar-refractivity contribution >= 4 is 0 Å². The van der Waals surface area contributed by atoms with Crippen LogP contribution in [0, 0.1) is 11.3 Å². The predicted molar refractivity (Wildman–Crippen MR) is 61.4 cm³/mol. The van der Waals surface area contributed by atoms with Gasteiger partial charge in [-0.1, -0.05) is 48.5 Å². The molecule has 2 rings (SSSR count). The lowest BCUT2D eigenvalue weighted by Crippen LogP contribution is -1.90. The smallest absolute Gasteiger partial charge is 0.116 e. The van der Waals surface area contributed by atoms with Gasteiger partial charge in [0, 0.05) is 5.56 Å². The van der Waals surface area contributed by atoms with Gasteiger partial charge in [-0.15, -0.1) is 0 Å². The fourth-order valence-corrected chi connectivity index (χ4v) is 1.70. The van der Waals surface area contributed by atoms with Crippen LogP contribution in [0.15, 0.2) is 48.5 Å². The summed E-state index contributed by atoms with van der Waals surface area (Å²) >= 11 is 0. The van der Waals surface area contributed by atoms with Crippen molar-refractivity contribution in [1.29, 1.82) is 5.26 Å². The highest BCUT2D eigenvalue weighted by Gasteiger charge is 2.08. The molecule has 0 atom stereocenters. The molecule has 0 fully saturated rings. The summed E-state index contributed by atoms with van der Waals surface area (Å²) in [5, 5.41) is 9.08. The van der Waals surface area contributed by atoms with Crippen molar-refractivity contribution in [2.45, 2.75) is 6.67 Å². The Morgan fingerprint density at radius 3 is 2.38 bits per heavy atom. The number of hydrogen-bond acceptors (Lipinski definition) is 1. The first-order chi connectivity index (χ1) is 7.86. The zero-order valence-corrected chi connectivity index (χ0v) is 8.65. The van der Waals surface area contributed by atoms with E-state index in [4.69, 9.17) is 5.26 Å². The topological polar surface area (TPSA) is 23.8 Å². The van der Waals surface area contributed by atoms with Gasteiger partial charge in [-0.25, -0.2) is 4.39 Å². The zero-order chi connectivity index (χ0) is 11.4. The van der Waals surface area contributed by atoms with Crippen LogP contribution in [-0.4, -0.2) is 0 Å². The van der Waals surface area contributed by atoms with Gasteiger partial charge in [0.15, 0.2) is 0 Å². The number of rotatable bonds is 2. The highest BCUT2D eigenvalue weighted by atomic mass is 19.1. The van der Waals surface area contributed by atoms with Crippen molar-refractivity contribution in [3.8, 4) is 17.2 Å². The first-order valence-electron chi connectivity index (χ1n) is 5.00. The van der Waals surface area contributed by atoms with Crippen LogP contribution >= 0.6 is 0 Å². The van der Waals surface area contributed by atoms with E-state index in [0.29, 0.717) is 11.1 Å². The van der Waals surface area contributed by atoms with Gasteiger partial charge in [-0.2, -0.15) is 5.26 Å². The maximum atomic E-state index is 12.7. The zero-order valence-electron chi connectivity index (χ0n) is 8.65. The van der Waals surface area contributed by atoms with Crippen LogP contribution < -0.4 is 0 Å². The minimum Gasteiger partial charge on any atom is -0.246 e. The number of nitrogens with zero attached hydrogens (tertiary/aromatic N) is 1. The molecule has 2 aromatic rings. The van der Waals surface area contributed by atoms with Crippen LogP contribution in [0.1, 0.15) is 11.1 Å². The van der Waals surface area contributed by atoms with Gasteiger partial charge in [0.1, 0.15) is 12.7 Å². The van der Waals surface area contributed by atoms with Crippen molar-refractivity contribution < 1.29 is 4.39 Å². The lowest BCUT2D eigenvalue weighted by molar-refractivity contribution is 0.484. The summed E-state index contributed by atoms with van der Waals surface area (Å²) in [6.07, 6.45) is 0. The van der Waals surface area contributed by atoms with Crippen molar-refractivity contribution in [3.05, 3.63) is 59.7 Å². The van der Waals surface area contributed by atoms with E-state index in [2.05, 4.69) is 6.07 Å². The average molecular weight is 211 g/mol. The summed E-state index contributed by atoms with van der Waals surface area (Å²) < 4.78 is 12.7. The molecule has 78 valence electrons. The van der Waals surface area contributed by atoms with Gasteiger partial charge >= 0.3 is 0 Å². The molecule has 0 unspecified atom stereocenters. The third-order valence-electron chi connectivity index (χ3n) is 2.49. The standard InChI is InChI=1S/C14H10FN/c15-9-12-7-4-8-13(14(12)10-16)11-5-2-1-3-6-11/h1-8H,9H2. The lowest BCUT2D eigenvalue weighted by atomic mass is 9.97. The molecule has 0 radical (unpaired) electrons. The van der Waals surface area contributed by atoms with Gasteiger partial charge < -0.3 is 0 Å². The maximum absolute atomic E-state index is 12.7. The molecule has 0 heterocycles. The molecule has 0 spiro atoms. The second kappa shape index (κ2) is 4.59. The van der Waals surface area contributed by atoms with Crippen LogP contribution in [0.4, 0.5) is 4.39 Å².